The molecule has 0 fully saturated rings. The van der Waals surface area contributed by atoms with Crippen molar-refractivity contribution in [2.75, 3.05) is 0 Å². The minimum atomic E-state index is -0.353. The van der Waals surface area contributed by atoms with Gasteiger partial charge in [-0.1, -0.05) is 31.2 Å². The van der Waals surface area contributed by atoms with Gasteiger partial charge in [-0.25, -0.2) is 0 Å². The van der Waals surface area contributed by atoms with Crippen LogP contribution in [0.15, 0.2) is 36.0 Å². The third kappa shape index (κ3) is 5.31. The molecule has 1 amide bonds. The van der Waals surface area contributed by atoms with Gasteiger partial charge in [0.15, 0.2) is 0 Å². The minimum Gasteiger partial charge on any atom is -0.383 e. The van der Waals surface area contributed by atoms with Crippen LogP contribution in [0.5, 0.6) is 0 Å². The monoisotopic (exact) mass is 285 g/mol. The second-order valence-corrected chi connectivity index (χ2v) is 5.28. The second kappa shape index (κ2) is 8.11. The third-order valence-electron chi connectivity index (χ3n) is 3.15. The van der Waals surface area contributed by atoms with Gasteiger partial charge in [0.1, 0.15) is 11.6 Å². The van der Waals surface area contributed by atoms with Crippen LogP contribution in [0.2, 0.25) is 0 Å². The van der Waals surface area contributed by atoms with Crippen molar-refractivity contribution in [2.24, 2.45) is 0 Å². The zero-order valence-corrected chi connectivity index (χ0v) is 13.1. The topological polar surface area (TPSA) is 64.9 Å². The molecule has 2 N–H and O–H groups in total. The molecular formula is C17H23N3O. The van der Waals surface area contributed by atoms with Crippen LogP contribution < -0.4 is 10.6 Å². The zero-order valence-electron chi connectivity index (χ0n) is 13.1. The summed E-state index contributed by atoms with van der Waals surface area (Å²) in [6.45, 7) is 7.83. The molecule has 0 aliphatic heterocycles. The van der Waals surface area contributed by atoms with Gasteiger partial charge < -0.3 is 10.6 Å². The molecule has 0 aliphatic carbocycles. The number of nitrogens with one attached hydrogen (secondary N) is 2. The Morgan fingerprint density at radius 1 is 1.29 bits per heavy atom. The lowest BCUT2D eigenvalue weighted by Gasteiger charge is -2.14. The number of hydrogen-bond donors (Lipinski definition) is 2. The lowest BCUT2D eigenvalue weighted by Crippen LogP contribution is -2.31. The average molecular weight is 285 g/mol. The van der Waals surface area contributed by atoms with Crippen molar-refractivity contribution < 1.29 is 4.79 Å². The normalized spacial score (nSPS) is 12.7. The number of carbonyl (C=O) groups is 1. The summed E-state index contributed by atoms with van der Waals surface area (Å²) in [5.41, 5.74) is 2.49. The quantitative estimate of drug-likeness (QED) is 0.624. The molecule has 1 aromatic rings. The van der Waals surface area contributed by atoms with Crippen LogP contribution >= 0.6 is 0 Å². The van der Waals surface area contributed by atoms with Crippen molar-refractivity contribution in [1.82, 2.24) is 10.6 Å². The number of aryl methyl sites for hydroxylation is 1. The Labute approximate surface area is 126 Å². The zero-order chi connectivity index (χ0) is 15.8. The largest absolute Gasteiger partial charge is 0.383 e. The summed E-state index contributed by atoms with van der Waals surface area (Å²) >= 11 is 0. The van der Waals surface area contributed by atoms with Gasteiger partial charge in [-0.3, -0.25) is 4.79 Å². The van der Waals surface area contributed by atoms with E-state index in [0.717, 1.165) is 12.0 Å². The molecule has 1 atom stereocenters. The second-order valence-electron chi connectivity index (χ2n) is 5.28. The molecule has 21 heavy (non-hydrogen) atoms. The number of nitrogens with zero attached hydrogens (tertiary/aromatic N) is 1. The molecule has 4 nitrogen and oxygen atoms in total. The van der Waals surface area contributed by atoms with E-state index >= 15 is 0 Å². The standard InChI is InChI=1S/C17H23N3O/c1-5-14-6-8-15(9-7-14)13(4)19-11-16(10-18)17(21)20-12(2)3/h6-9,11-13,19H,5H2,1-4H3,(H,20,21)/b16-11-. The van der Waals surface area contributed by atoms with Crippen LogP contribution in [0.3, 0.4) is 0 Å². The van der Waals surface area contributed by atoms with Crippen molar-refractivity contribution in [3.63, 3.8) is 0 Å². The third-order valence-corrected chi connectivity index (χ3v) is 3.15. The predicted octanol–water partition coefficient (Wildman–Crippen LogP) is 2.83. The fourth-order valence-corrected chi connectivity index (χ4v) is 1.84. The molecule has 0 saturated carbocycles. The highest BCUT2D eigenvalue weighted by Gasteiger charge is 2.10. The van der Waals surface area contributed by atoms with Crippen molar-refractivity contribution in [1.29, 1.82) is 5.26 Å². The van der Waals surface area contributed by atoms with E-state index in [4.69, 9.17) is 5.26 Å². The lowest BCUT2D eigenvalue weighted by molar-refractivity contribution is -0.117. The van der Waals surface area contributed by atoms with Crippen LogP contribution in [0, 0.1) is 11.3 Å². The number of benzene rings is 1. The molecule has 0 saturated heterocycles. The SMILES string of the molecule is CCc1ccc(C(C)N/C=C(/C#N)C(=O)NC(C)C)cc1. The first-order valence-corrected chi connectivity index (χ1v) is 7.24. The highest BCUT2D eigenvalue weighted by Crippen LogP contribution is 2.14. The first-order valence-electron chi connectivity index (χ1n) is 7.24. The van der Waals surface area contributed by atoms with Gasteiger partial charge in [0.25, 0.3) is 5.91 Å². The molecule has 4 heteroatoms. The molecule has 1 aromatic carbocycles. The number of amides is 1. The maximum atomic E-state index is 11.8. The molecule has 1 rings (SSSR count). The Balaban J connectivity index is 2.71. The van der Waals surface area contributed by atoms with E-state index in [9.17, 15) is 4.79 Å². The molecule has 0 aromatic heterocycles. The van der Waals surface area contributed by atoms with E-state index in [0.29, 0.717) is 0 Å². The molecule has 112 valence electrons. The Kier molecular flexibility index (Phi) is 6.48. The molecule has 1 unspecified atom stereocenters. The Morgan fingerprint density at radius 3 is 2.38 bits per heavy atom. The van der Waals surface area contributed by atoms with Crippen LogP contribution in [-0.4, -0.2) is 11.9 Å². The molecule has 0 radical (unpaired) electrons. The Hall–Kier alpha value is -2.28. The van der Waals surface area contributed by atoms with Crippen molar-refractivity contribution in [3.8, 4) is 6.07 Å². The van der Waals surface area contributed by atoms with Crippen LogP contribution in [0.1, 0.15) is 44.9 Å². The summed E-state index contributed by atoms with van der Waals surface area (Å²) in [6.07, 6.45) is 2.49. The fraction of sp³-hybridized carbons (Fsp3) is 0.412. The molecule has 0 heterocycles. The summed E-state index contributed by atoms with van der Waals surface area (Å²) in [6, 6.07) is 10.3. The van der Waals surface area contributed by atoms with Crippen LogP contribution in [0.4, 0.5) is 0 Å². The fourth-order valence-electron chi connectivity index (χ4n) is 1.84. The van der Waals surface area contributed by atoms with Gasteiger partial charge in [-0.2, -0.15) is 5.26 Å². The average Bonchev–Trinajstić information content (AvgIpc) is 2.47. The summed E-state index contributed by atoms with van der Waals surface area (Å²) in [4.78, 5) is 11.8. The first-order chi connectivity index (χ1) is 9.97. The predicted molar refractivity (Wildman–Crippen MR) is 84.3 cm³/mol. The molecule has 0 bridgehead atoms. The van der Waals surface area contributed by atoms with Crippen molar-refractivity contribution in [2.45, 2.75) is 46.2 Å². The van der Waals surface area contributed by atoms with Gasteiger partial charge in [0.05, 0.1) is 0 Å². The number of rotatable bonds is 6. The van der Waals surface area contributed by atoms with Crippen LogP contribution in [0.25, 0.3) is 0 Å². The molecular weight excluding hydrogens is 262 g/mol. The van der Waals surface area contributed by atoms with E-state index in [1.165, 1.54) is 11.8 Å². The Bertz CT molecular complexity index is 538. The maximum absolute atomic E-state index is 11.8. The number of hydrogen-bond acceptors (Lipinski definition) is 3. The van der Waals surface area contributed by atoms with Gasteiger partial charge in [0.2, 0.25) is 0 Å². The summed E-state index contributed by atoms with van der Waals surface area (Å²) in [5.74, 6) is -0.353. The van der Waals surface area contributed by atoms with Crippen molar-refractivity contribution >= 4 is 5.91 Å². The van der Waals surface area contributed by atoms with Crippen molar-refractivity contribution in [3.05, 3.63) is 47.2 Å². The first kappa shape index (κ1) is 16.8. The van der Waals surface area contributed by atoms with E-state index in [2.05, 4.69) is 41.8 Å². The van der Waals surface area contributed by atoms with E-state index in [-0.39, 0.29) is 23.6 Å². The van der Waals surface area contributed by atoms with Gasteiger partial charge in [-0.05, 0) is 38.3 Å². The van der Waals surface area contributed by atoms with Crippen LogP contribution in [-0.2, 0) is 11.2 Å². The Morgan fingerprint density at radius 2 is 1.90 bits per heavy atom. The smallest absolute Gasteiger partial charge is 0.263 e. The van der Waals surface area contributed by atoms with E-state index in [1.807, 2.05) is 26.8 Å². The van der Waals surface area contributed by atoms with Gasteiger partial charge in [0, 0.05) is 18.3 Å². The maximum Gasteiger partial charge on any atom is 0.263 e. The lowest BCUT2D eigenvalue weighted by atomic mass is 10.1. The van der Waals surface area contributed by atoms with E-state index in [1.54, 1.807) is 0 Å². The summed E-state index contributed by atoms with van der Waals surface area (Å²) in [5, 5.41) is 14.8. The van der Waals surface area contributed by atoms with Gasteiger partial charge >= 0.3 is 0 Å². The highest BCUT2D eigenvalue weighted by atomic mass is 16.1. The minimum absolute atomic E-state index is 0.00765. The number of nitriles is 1. The van der Waals surface area contributed by atoms with E-state index < -0.39 is 0 Å². The molecule has 0 aliphatic rings. The number of carbonyl (C=O) groups excluding carboxylic acids is 1. The summed E-state index contributed by atoms with van der Waals surface area (Å²) in [7, 11) is 0. The molecule has 0 spiro atoms. The van der Waals surface area contributed by atoms with Gasteiger partial charge in [-0.15, -0.1) is 0 Å². The highest BCUT2D eigenvalue weighted by molar-refractivity contribution is 5.97. The summed E-state index contributed by atoms with van der Waals surface area (Å²) < 4.78 is 0.